The van der Waals surface area contributed by atoms with Gasteiger partial charge in [0.05, 0.1) is 7.11 Å². The number of aryl methyl sites for hydroxylation is 1. The van der Waals surface area contributed by atoms with Crippen molar-refractivity contribution in [2.24, 2.45) is 0 Å². The third-order valence-electron chi connectivity index (χ3n) is 3.19. The molecule has 0 spiro atoms. The number of rotatable bonds is 2. The Labute approximate surface area is 116 Å². The number of carbonyl (C=O) groups excluding carboxylic acids is 2. The normalized spacial score (nSPS) is 21.4. The Bertz CT molecular complexity index is 563. The van der Waals surface area contributed by atoms with Gasteiger partial charge in [-0.2, -0.15) is 0 Å². The van der Waals surface area contributed by atoms with Crippen molar-refractivity contribution in [1.29, 1.82) is 0 Å². The van der Waals surface area contributed by atoms with Crippen molar-refractivity contribution >= 4 is 23.4 Å². The number of halogens is 1. The quantitative estimate of drug-likeness (QED) is 0.618. The van der Waals surface area contributed by atoms with E-state index in [0.717, 1.165) is 5.56 Å². The lowest BCUT2D eigenvalue weighted by Crippen LogP contribution is -2.29. The van der Waals surface area contributed by atoms with Crippen LogP contribution in [-0.4, -0.2) is 24.5 Å². The predicted molar refractivity (Wildman–Crippen MR) is 70.7 cm³/mol. The van der Waals surface area contributed by atoms with Gasteiger partial charge in [0.15, 0.2) is 11.4 Å². The van der Waals surface area contributed by atoms with Gasteiger partial charge in [0.1, 0.15) is 11.7 Å². The number of methoxy groups -OCH3 is 1. The maximum atomic E-state index is 12.3. The molecule has 1 heterocycles. The van der Waals surface area contributed by atoms with Crippen LogP contribution < -0.4 is 4.74 Å². The van der Waals surface area contributed by atoms with E-state index in [9.17, 15) is 9.59 Å². The Morgan fingerprint density at radius 2 is 1.95 bits per heavy atom. The van der Waals surface area contributed by atoms with Gasteiger partial charge in [-0.1, -0.05) is 11.6 Å². The van der Waals surface area contributed by atoms with Crippen molar-refractivity contribution < 1.29 is 19.1 Å². The number of ketones is 1. The maximum absolute atomic E-state index is 12.3. The molecule has 0 N–H and O–H groups in total. The average Bonchev–Trinajstić information content (AvgIpc) is 2.49. The van der Waals surface area contributed by atoms with Crippen LogP contribution in [-0.2, 0) is 14.3 Å². The molecule has 0 saturated carbocycles. The lowest BCUT2D eigenvalue weighted by molar-refractivity contribution is -0.148. The molecule has 0 bridgehead atoms. The first-order valence-electron chi connectivity index (χ1n) is 5.89. The predicted octanol–water partition coefficient (Wildman–Crippen LogP) is 2.65. The minimum atomic E-state index is -1.12. The van der Waals surface area contributed by atoms with E-state index in [4.69, 9.17) is 21.1 Å². The molecule has 1 saturated heterocycles. The van der Waals surface area contributed by atoms with E-state index in [2.05, 4.69) is 0 Å². The van der Waals surface area contributed by atoms with Gasteiger partial charge in [0.2, 0.25) is 0 Å². The molecule has 1 atom stereocenters. The summed E-state index contributed by atoms with van der Waals surface area (Å²) in [6.45, 7) is 5.00. The maximum Gasteiger partial charge on any atom is 0.322 e. The minimum Gasteiger partial charge on any atom is -0.496 e. The van der Waals surface area contributed by atoms with E-state index in [1.807, 2.05) is 6.92 Å². The molecule has 1 unspecified atom stereocenters. The highest BCUT2D eigenvalue weighted by Gasteiger charge is 2.51. The molecular formula is C14H15ClO4. The largest absolute Gasteiger partial charge is 0.496 e. The highest BCUT2D eigenvalue weighted by atomic mass is 35.5. The molecule has 19 heavy (non-hydrogen) atoms. The minimum absolute atomic E-state index is 0.304. The van der Waals surface area contributed by atoms with Gasteiger partial charge in [0, 0.05) is 10.6 Å². The van der Waals surface area contributed by atoms with Crippen LogP contribution in [0.2, 0.25) is 5.02 Å². The van der Waals surface area contributed by atoms with Crippen molar-refractivity contribution in [2.45, 2.75) is 32.3 Å². The van der Waals surface area contributed by atoms with Crippen molar-refractivity contribution in [3.63, 3.8) is 0 Å². The molecule has 0 radical (unpaired) electrons. The lowest BCUT2D eigenvalue weighted by atomic mass is 9.88. The molecule has 2 rings (SSSR count). The summed E-state index contributed by atoms with van der Waals surface area (Å²) in [6, 6.07) is 3.44. The highest BCUT2D eigenvalue weighted by molar-refractivity contribution is 6.33. The van der Waals surface area contributed by atoms with E-state index < -0.39 is 17.5 Å². The lowest BCUT2D eigenvalue weighted by Gasteiger charge is -2.15. The second-order valence-electron chi connectivity index (χ2n) is 5.09. The van der Waals surface area contributed by atoms with Crippen LogP contribution in [0.4, 0.5) is 0 Å². The first-order valence-corrected chi connectivity index (χ1v) is 6.27. The number of hydrogen-bond donors (Lipinski definition) is 0. The fourth-order valence-corrected chi connectivity index (χ4v) is 2.61. The second kappa shape index (κ2) is 4.53. The summed E-state index contributed by atoms with van der Waals surface area (Å²) >= 11 is 6.18. The van der Waals surface area contributed by atoms with E-state index in [-0.39, 0.29) is 5.78 Å². The number of esters is 1. The molecule has 1 aromatic carbocycles. The fourth-order valence-electron chi connectivity index (χ4n) is 2.23. The molecule has 0 aliphatic carbocycles. The van der Waals surface area contributed by atoms with Crippen LogP contribution in [0.25, 0.3) is 0 Å². The molecule has 1 fully saturated rings. The monoisotopic (exact) mass is 282 g/mol. The van der Waals surface area contributed by atoms with Gasteiger partial charge in [-0.05, 0) is 38.5 Å². The van der Waals surface area contributed by atoms with Crippen molar-refractivity contribution in [2.75, 3.05) is 7.11 Å². The van der Waals surface area contributed by atoms with Gasteiger partial charge in [-0.15, -0.1) is 0 Å². The van der Waals surface area contributed by atoms with Gasteiger partial charge in [-0.3, -0.25) is 9.59 Å². The zero-order valence-corrected chi connectivity index (χ0v) is 12.0. The van der Waals surface area contributed by atoms with E-state index in [1.54, 1.807) is 26.0 Å². The zero-order chi connectivity index (χ0) is 14.4. The molecule has 1 aliphatic rings. The van der Waals surface area contributed by atoms with Crippen molar-refractivity contribution in [3.8, 4) is 5.75 Å². The van der Waals surface area contributed by atoms with Crippen LogP contribution in [0.1, 0.15) is 30.9 Å². The number of carbonyl (C=O) groups is 2. The van der Waals surface area contributed by atoms with Crippen LogP contribution in [0.15, 0.2) is 12.1 Å². The molecular weight excluding hydrogens is 268 g/mol. The molecule has 102 valence electrons. The molecule has 0 amide bonds. The standard InChI is InChI=1S/C14H15ClO4/c1-7-5-8(15)10(9(6-7)18-4)11-12(16)14(2,3)19-13(11)17/h5-6,11H,1-4H3. The SMILES string of the molecule is COc1cc(C)cc(Cl)c1C1C(=O)OC(C)(C)C1=O. The average molecular weight is 283 g/mol. The number of Topliss-reactive ketones (excluding diaryl/α,β-unsaturated/α-hetero) is 1. The summed E-state index contributed by atoms with van der Waals surface area (Å²) in [5.41, 5.74) is 0.153. The zero-order valence-electron chi connectivity index (χ0n) is 11.2. The first kappa shape index (κ1) is 13.9. The van der Waals surface area contributed by atoms with E-state index >= 15 is 0 Å². The Kier molecular flexibility index (Phi) is 3.31. The molecule has 4 nitrogen and oxygen atoms in total. The van der Waals surface area contributed by atoms with Gasteiger partial charge in [0.25, 0.3) is 0 Å². The van der Waals surface area contributed by atoms with Crippen molar-refractivity contribution in [3.05, 3.63) is 28.3 Å². The van der Waals surface area contributed by atoms with E-state index in [0.29, 0.717) is 16.3 Å². The third kappa shape index (κ3) is 2.21. The summed E-state index contributed by atoms with van der Waals surface area (Å²) in [5, 5.41) is 0.338. The Morgan fingerprint density at radius 1 is 1.32 bits per heavy atom. The Balaban J connectivity index is 2.60. The summed E-state index contributed by atoms with van der Waals surface area (Å²) < 4.78 is 10.3. The number of cyclic esters (lactones) is 1. The molecule has 0 aromatic heterocycles. The summed E-state index contributed by atoms with van der Waals surface area (Å²) in [7, 11) is 1.48. The van der Waals surface area contributed by atoms with Gasteiger partial charge < -0.3 is 9.47 Å². The van der Waals surface area contributed by atoms with Crippen LogP contribution >= 0.6 is 11.6 Å². The Morgan fingerprint density at radius 3 is 2.42 bits per heavy atom. The smallest absolute Gasteiger partial charge is 0.322 e. The number of hydrogen-bond acceptors (Lipinski definition) is 4. The second-order valence-corrected chi connectivity index (χ2v) is 5.50. The summed E-state index contributed by atoms with van der Waals surface area (Å²) in [6.07, 6.45) is 0. The van der Waals surface area contributed by atoms with Crippen molar-refractivity contribution in [1.82, 2.24) is 0 Å². The number of ether oxygens (including phenoxy) is 2. The van der Waals surface area contributed by atoms with Crippen LogP contribution in [0.3, 0.4) is 0 Å². The van der Waals surface area contributed by atoms with Gasteiger partial charge >= 0.3 is 5.97 Å². The van der Waals surface area contributed by atoms with Crippen LogP contribution in [0.5, 0.6) is 5.75 Å². The first-order chi connectivity index (χ1) is 8.77. The Hall–Kier alpha value is -1.55. The molecule has 5 heteroatoms. The highest BCUT2D eigenvalue weighted by Crippen LogP contribution is 2.42. The molecule has 1 aromatic rings. The molecule has 1 aliphatic heterocycles. The summed E-state index contributed by atoms with van der Waals surface area (Å²) in [5.74, 6) is -1.48. The van der Waals surface area contributed by atoms with E-state index in [1.165, 1.54) is 7.11 Å². The summed E-state index contributed by atoms with van der Waals surface area (Å²) in [4.78, 5) is 24.2. The van der Waals surface area contributed by atoms with Crippen LogP contribution in [0, 0.1) is 6.92 Å². The topological polar surface area (TPSA) is 52.6 Å². The van der Waals surface area contributed by atoms with Gasteiger partial charge in [-0.25, -0.2) is 0 Å². The number of benzene rings is 1. The third-order valence-corrected chi connectivity index (χ3v) is 3.50. The fraction of sp³-hybridized carbons (Fsp3) is 0.429.